The molecule has 0 aromatic heterocycles. The number of rotatable bonds is 2. The Morgan fingerprint density at radius 3 is 2.25 bits per heavy atom. The van der Waals surface area contributed by atoms with Crippen LogP contribution in [-0.2, 0) is 9.84 Å². The highest BCUT2D eigenvalue weighted by Gasteiger charge is 2.36. The molecule has 0 heterocycles. The highest BCUT2D eigenvalue weighted by Crippen LogP contribution is 2.34. The monoisotopic (exact) mass is 192 g/mol. The first-order chi connectivity index (χ1) is 5.45. The topological polar surface area (TPSA) is 54.4 Å². The Hall–Kier alpha value is -0.0900. The Morgan fingerprint density at radius 1 is 1.42 bits per heavy atom. The minimum Gasteiger partial charge on any atom is -0.396 e. The highest BCUT2D eigenvalue weighted by atomic mass is 32.2. The third-order valence-electron chi connectivity index (χ3n) is 2.85. The van der Waals surface area contributed by atoms with Crippen molar-refractivity contribution >= 4 is 9.84 Å². The van der Waals surface area contributed by atoms with Crippen molar-refractivity contribution in [3.8, 4) is 0 Å². The highest BCUT2D eigenvalue weighted by molar-refractivity contribution is 7.91. The van der Waals surface area contributed by atoms with E-state index >= 15 is 0 Å². The van der Waals surface area contributed by atoms with E-state index in [0.29, 0.717) is 18.8 Å². The summed E-state index contributed by atoms with van der Waals surface area (Å²) in [4.78, 5) is 0. The summed E-state index contributed by atoms with van der Waals surface area (Å²) >= 11 is 0. The van der Waals surface area contributed by atoms with Gasteiger partial charge in [-0.25, -0.2) is 8.42 Å². The van der Waals surface area contributed by atoms with Gasteiger partial charge in [-0.3, -0.25) is 0 Å². The van der Waals surface area contributed by atoms with Gasteiger partial charge < -0.3 is 5.11 Å². The average molecular weight is 192 g/mol. The van der Waals surface area contributed by atoms with E-state index in [1.54, 1.807) is 0 Å². The van der Waals surface area contributed by atoms with E-state index in [1.807, 2.05) is 6.92 Å². The Bertz CT molecular complexity index is 245. The van der Waals surface area contributed by atoms with Crippen molar-refractivity contribution in [1.29, 1.82) is 0 Å². The van der Waals surface area contributed by atoms with Crippen LogP contribution in [0.15, 0.2) is 0 Å². The Labute approximate surface area is 73.7 Å². The molecule has 0 amide bonds. The lowest BCUT2D eigenvalue weighted by molar-refractivity contribution is 0.201. The number of aliphatic hydroxyl groups is 1. The molecule has 4 heteroatoms. The molecule has 1 N–H and O–H groups in total. The van der Waals surface area contributed by atoms with Gasteiger partial charge in [0.2, 0.25) is 0 Å². The van der Waals surface area contributed by atoms with Crippen molar-refractivity contribution in [3.63, 3.8) is 0 Å². The molecule has 12 heavy (non-hydrogen) atoms. The summed E-state index contributed by atoms with van der Waals surface area (Å²) < 4.78 is 22.3. The summed E-state index contributed by atoms with van der Waals surface area (Å²) in [5.74, 6) is 0.527. The Balaban J connectivity index is 2.67. The van der Waals surface area contributed by atoms with Gasteiger partial charge in [-0.05, 0) is 24.7 Å². The number of hydrogen-bond donors (Lipinski definition) is 1. The molecule has 1 aliphatic rings. The number of aliphatic hydroxyl groups excluding tert-OH is 1. The summed E-state index contributed by atoms with van der Waals surface area (Å²) in [5, 5.41) is 8.71. The van der Waals surface area contributed by atoms with Crippen molar-refractivity contribution in [2.45, 2.75) is 25.0 Å². The SMILES string of the molecule is C[C@@H]1C[C@H](S(C)(=O)=O)C[C@H]1CO. The van der Waals surface area contributed by atoms with E-state index < -0.39 is 9.84 Å². The maximum Gasteiger partial charge on any atom is 0.150 e. The van der Waals surface area contributed by atoms with Crippen LogP contribution in [0.5, 0.6) is 0 Å². The summed E-state index contributed by atoms with van der Waals surface area (Å²) in [6, 6.07) is 0. The van der Waals surface area contributed by atoms with Crippen molar-refractivity contribution in [2.24, 2.45) is 11.8 Å². The molecule has 1 rings (SSSR count). The Kier molecular flexibility index (Phi) is 2.78. The van der Waals surface area contributed by atoms with Gasteiger partial charge in [-0.15, -0.1) is 0 Å². The molecular weight excluding hydrogens is 176 g/mol. The van der Waals surface area contributed by atoms with Crippen LogP contribution < -0.4 is 0 Å². The van der Waals surface area contributed by atoms with Gasteiger partial charge in [0.05, 0.1) is 5.25 Å². The lowest BCUT2D eigenvalue weighted by atomic mass is 10.00. The molecule has 0 radical (unpaired) electrons. The lowest BCUT2D eigenvalue weighted by Crippen LogP contribution is -2.16. The molecule has 1 aliphatic carbocycles. The average Bonchev–Trinajstić information content (AvgIpc) is 2.29. The first-order valence-corrected chi connectivity index (χ1v) is 6.20. The first-order valence-electron chi connectivity index (χ1n) is 4.25. The molecule has 3 atom stereocenters. The third-order valence-corrected chi connectivity index (χ3v) is 4.44. The molecule has 0 aromatic carbocycles. The molecule has 0 unspecified atom stereocenters. The molecule has 3 nitrogen and oxygen atoms in total. The van der Waals surface area contributed by atoms with E-state index in [1.165, 1.54) is 6.26 Å². The fraction of sp³-hybridized carbons (Fsp3) is 1.00. The van der Waals surface area contributed by atoms with Crippen molar-refractivity contribution in [3.05, 3.63) is 0 Å². The zero-order valence-corrected chi connectivity index (χ0v) is 8.34. The molecule has 0 bridgehead atoms. The second-order valence-electron chi connectivity index (χ2n) is 3.84. The van der Waals surface area contributed by atoms with Crippen LogP contribution in [0.1, 0.15) is 19.8 Å². The molecule has 1 fully saturated rings. The standard InChI is InChI=1S/C8H16O3S/c1-6-3-8(12(2,10)11)4-7(6)5-9/h6-9H,3-5H2,1-2H3/t6-,7+,8+/m1/s1. The van der Waals surface area contributed by atoms with E-state index in [2.05, 4.69) is 0 Å². The maximum atomic E-state index is 11.2. The van der Waals surface area contributed by atoms with Crippen LogP contribution in [0, 0.1) is 11.8 Å². The Morgan fingerprint density at radius 2 is 2.00 bits per heavy atom. The summed E-state index contributed by atoms with van der Waals surface area (Å²) in [6.45, 7) is 2.12. The predicted octanol–water partition coefficient (Wildman–Crippen LogP) is 0.438. The van der Waals surface area contributed by atoms with Gasteiger partial charge in [-0.2, -0.15) is 0 Å². The van der Waals surface area contributed by atoms with E-state index in [9.17, 15) is 8.42 Å². The second kappa shape index (κ2) is 3.34. The van der Waals surface area contributed by atoms with E-state index in [4.69, 9.17) is 5.11 Å². The minimum absolute atomic E-state index is 0.118. The number of hydrogen-bond acceptors (Lipinski definition) is 3. The zero-order valence-electron chi connectivity index (χ0n) is 7.53. The van der Waals surface area contributed by atoms with Crippen molar-refractivity contribution in [1.82, 2.24) is 0 Å². The molecular formula is C8H16O3S. The fourth-order valence-corrected chi connectivity index (χ4v) is 3.13. The molecule has 1 saturated carbocycles. The summed E-state index contributed by atoms with van der Waals surface area (Å²) in [6.07, 6.45) is 2.63. The minimum atomic E-state index is -2.89. The van der Waals surface area contributed by atoms with Gasteiger partial charge in [-0.1, -0.05) is 6.92 Å². The molecule has 0 aliphatic heterocycles. The lowest BCUT2D eigenvalue weighted by Gasteiger charge is -2.09. The summed E-state index contributed by atoms with van der Waals surface area (Å²) in [7, 11) is -2.89. The predicted molar refractivity (Wildman–Crippen MR) is 47.6 cm³/mol. The maximum absolute atomic E-state index is 11.2. The largest absolute Gasteiger partial charge is 0.396 e. The first kappa shape index (κ1) is 9.99. The van der Waals surface area contributed by atoms with E-state index in [0.717, 1.165) is 0 Å². The molecule has 0 aromatic rings. The molecule has 0 spiro atoms. The van der Waals surface area contributed by atoms with Gasteiger partial charge >= 0.3 is 0 Å². The third kappa shape index (κ3) is 1.98. The zero-order chi connectivity index (χ0) is 9.35. The van der Waals surface area contributed by atoms with Gasteiger partial charge in [0.25, 0.3) is 0 Å². The van der Waals surface area contributed by atoms with Gasteiger partial charge in [0, 0.05) is 12.9 Å². The van der Waals surface area contributed by atoms with Crippen LogP contribution >= 0.6 is 0 Å². The smallest absolute Gasteiger partial charge is 0.150 e. The van der Waals surface area contributed by atoms with Crippen molar-refractivity contribution in [2.75, 3.05) is 12.9 Å². The second-order valence-corrected chi connectivity index (χ2v) is 6.17. The van der Waals surface area contributed by atoms with Crippen LogP contribution in [0.2, 0.25) is 0 Å². The normalized spacial score (nSPS) is 37.1. The van der Waals surface area contributed by atoms with Gasteiger partial charge in [0.15, 0.2) is 0 Å². The van der Waals surface area contributed by atoms with Gasteiger partial charge in [0.1, 0.15) is 9.84 Å². The fourth-order valence-electron chi connectivity index (χ4n) is 1.88. The number of sulfone groups is 1. The molecule has 72 valence electrons. The quantitative estimate of drug-likeness (QED) is 0.690. The van der Waals surface area contributed by atoms with Crippen molar-refractivity contribution < 1.29 is 13.5 Å². The van der Waals surface area contributed by atoms with Crippen LogP contribution in [0.25, 0.3) is 0 Å². The van der Waals surface area contributed by atoms with E-state index in [-0.39, 0.29) is 17.8 Å². The van der Waals surface area contributed by atoms with Crippen LogP contribution in [-0.4, -0.2) is 31.6 Å². The van der Waals surface area contributed by atoms with Crippen LogP contribution in [0.3, 0.4) is 0 Å². The molecule has 0 saturated heterocycles. The van der Waals surface area contributed by atoms with Crippen LogP contribution in [0.4, 0.5) is 0 Å². The summed E-state index contributed by atoms with van der Waals surface area (Å²) in [5.41, 5.74) is 0.